The number of anilines is 1. The first kappa shape index (κ1) is 20.3. The van der Waals surface area contributed by atoms with E-state index < -0.39 is 30.8 Å². The molecule has 2 N–H and O–H groups in total. The fourth-order valence-corrected chi connectivity index (χ4v) is 3.28. The molecule has 10 heteroatoms. The van der Waals surface area contributed by atoms with Gasteiger partial charge in [-0.3, -0.25) is 10.1 Å². The van der Waals surface area contributed by atoms with Crippen LogP contribution in [0.2, 0.25) is 0 Å². The molecule has 0 aliphatic carbocycles. The molecule has 1 atom stereocenters. The Labute approximate surface area is 159 Å². The molecule has 2 aromatic rings. The lowest BCUT2D eigenvalue weighted by Gasteiger charge is -2.09. The summed E-state index contributed by atoms with van der Waals surface area (Å²) in [5, 5.41) is 7.18. The fourth-order valence-electron chi connectivity index (χ4n) is 2.56. The van der Waals surface area contributed by atoms with Crippen molar-refractivity contribution in [1.29, 1.82) is 0 Å². The summed E-state index contributed by atoms with van der Waals surface area (Å²) in [7, 11) is 3.11. The standard InChI is InChI=1S/C16H17F2N3O3S.ClH/c1-23-9-3-4-13(24-2)10(5-9)12-7-25-15(20-12)21-14(22)11-6-16(17,18)8-19-11;/h3-5,7,11,19H,6,8H2,1-2H3,(H,20,21,22);1H. The van der Waals surface area contributed by atoms with Gasteiger partial charge < -0.3 is 14.8 Å². The predicted octanol–water partition coefficient (Wildman–Crippen LogP) is 3.18. The van der Waals surface area contributed by atoms with Crippen molar-refractivity contribution in [1.82, 2.24) is 10.3 Å². The van der Waals surface area contributed by atoms with E-state index in [9.17, 15) is 13.6 Å². The zero-order valence-corrected chi connectivity index (χ0v) is 15.7. The van der Waals surface area contributed by atoms with Gasteiger partial charge in [-0.2, -0.15) is 0 Å². The number of hydrogen-bond acceptors (Lipinski definition) is 6. The first-order valence-electron chi connectivity index (χ1n) is 7.52. The molecule has 0 spiro atoms. The number of thiazole rings is 1. The molecule has 0 saturated carbocycles. The second-order valence-electron chi connectivity index (χ2n) is 5.59. The van der Waals surface area contributed by atoms with Gasteiger partial charge in [-0.15, -0.1) is 23.7 Å². The number of aromatic nitrogens is 1. The van der Waals surface area contributed by atoms with Crippen molar-refractivity contribution < 1.29 is 23.0 Å². The van der Waals surface area contributed by atoms with Gasteiger partial charge in [0.25, 0.3) is 5.92 Å². The van der Waals surface area contributed by atoms with Crippen LogP contribution in [0, 0.1) is 0 Å². The van der Waals surface area contributed by atoms with Crippen molar-refractivity contribution in [2.24, 2.45) is 0 Å². The van der Waals surface area contributed by atoms with Crippen LogP contribution in [0.15, 0.2) is 23.6 Å². The second-order valence-corrected chi connectivity index (χ2v) is 6.45. The molecule has 1 aromatic heterocycles. The number of nitrogens with one attached hydrogen (secondary N) is 2. The molecule has 6 nitrogen and oxygen atoms in total. The van der Waals surface area contributed by atoms with Gasteiger partial charge in [0.1, 0.15) is 11.5 Å². The molecular formula is C16H18ClF2N3O3S. The van der Waals surface area contributed by atoms with Crippen molar-refractivity contribution in [3.63, 3.8) is 0 Å². The molecule has 142 valence electrons. The zero-order chi connectivity index (χ0) is 18.0. The minimum atomic E-state index is -2.86. The third-order valence-electron chi connectivity index (χ3n) is 3.84. The lowest BCUT2D eigenvalue weighted by molar-refractivity contribution is -0.118. The Balaban J connectivity index is 0.00000243. The maximum absolute atomic E-state index is 13.2. The van der Waals surface area contributed by atoms with E-state index in [0.717, 1.165) is 0 Å². The Bertz CT molecular complexity index is 788. The Hall–Kier alpha value is -1.97. The molecule has 1 unspecified atom stereocenters. The molecule has 0 bridgehead atoms. The number of methoxy groups -OCH3 is 2. The number of rotatable bonds is 5. The molecule has 0 radical (unpaired) electrons. The summed E-state index contributed by atoms with van der Waals surface area (Å²) in [4.78, 5) is 16.4. The molecule has 1 amide bonds. The van der Waals surface area contributed by atoms with Gasteiger partial charge in [0.2, 0.25) is 5.91 Å². The zero-order valence-electron chi connectivity index (χ0n) is 14.0. The average molecular weight is 406 g/mol. The number of halogens is 3. The summed E-state index contributed by atoms with van der Waals surface area (Å²) in [6.45, 7) is -0.491. The van der Waals surface area contributed by atoms with E-state index in [1.807, 2.05) is 0 Å². The maximum Gasteiger partial charge on any atom is 0.262 e. The van der Waals surface area contributed by atoms with Crippen LogP contribution in [0.1, 0.15) is 6.42 Å². The van der Waals surface area contributed by atoms with Crippen LogP contribution >= 0.6 is 23.7 Å². The molecule has 1 fully saturated rings. The van der Waals surface area contributed by atoms with Gasteiger partial charge in [0.05, 0.1) is 32.5 Å². The number of carbonyl (C=O) groups excluding carboxylic acids is 1. The maximum atomic E-state index is 13.2. The van der Waals surface area contributed by atoms with Crippen LogP contribution in [0.25, 0.3) is 11.3 Å². The summed E-state index contributed by atoms with van der Waals surface area (Å²) in [6, 6.07) is 4.38. The summed E-state index contributed by atoms with van der Waals surface area (Å²) in [5.41, 5.74) is 1.31. The van der Waals surface area contributed by atoms with E-state index in [1.165, 1.54) is 11.3 Å². The summed E-state index contributed by atoms with van der Waals surface area (Å²) < 4.78 is 36.9. The third-order valence-corrected chi connectivity index (χ3v) is 4.60. The van der Waals surface area contributed by atoms with Crippen molar-refractivity contribution in [2.45, 2.75) is 18.4 Å². The fraction of sp³-hybridized carbons (Fsp3) is 0.375. The van der Waals surface area contributed by atoms with E-state index in [-0.39, 0.29) is 12.4 Å². The van der Waals surface area contributed by atoms with E-state index >= 15 is 0 Å². The van der Waals surface area contributed by atoms with Crippen LogP contribution in [0.4, 0.5) is 13.9 Å². The minimum absolute atomic E-state index is 0. The summed E-state index contributed by atoms with van der Waals surface area (Å²) >= 11 is 1.21. The number of nitrogens with zero attached hydrogens (tertiary/aromatic N) is 1. The van der Waals surface area contributed by atoms with Crippen molar-refractivity contribution in [3.05, 3.63) is 23.6 Å². The van der Waals surface area contributed by atoms with Gasteiger partial charge in [0.15, 0.2) is 5.13 Å². The van der Waals surface area contributed by atoms with Crippen LogP contribution in [-0.4, -0.2) is 43.6 Å². The molecule has 26 heavy (non-hydrogen) atoms. The van der Waals surface area contributed by atoms with Crippen LogP contribution < -0.4 is 20.1 Å². The molecular weight excluding hydrogens is 388 g/mol. The average Bonchev–Trinajstić information content (AvgIpc) is 3.20. The molecule has 1 aliphatic heterocycles. The highest BCUT2D eigenvalue weighted by Crippen LogP contribution is 2.35. The highest BCUT2D eigenvalue weighted by atomic mass is 35.5. The number of benzene rings is 1. The number of alkyl halides is 2. The van der Waals surface area contributed by atoms with Gasteiger partial charge in [-0.05, 0) is 18.2 Å². The minimum Gasteiger partial charge on any atom is -0.497 e. The first-order chi connectivity index (χ1) is 11.9. The van der Waals surface area contributed by atoms with E-state index in [1.54, 1.807) is 37.8 Å². The number of carbonyl (C=O) groups is 1. The monoisotopic (exact) mass is 405 g/mol. The third kappa shape index (κ3) is 4.40. The van der Waals surface area contributed by atoms with Crippen LogP contribution in [0.3, 0.4) is 0 Å². The smallest absolute Gasteiger partial charge is 0.262 e. The number of ether oxygens (including phenoxy) is 2. The highest BCUT2D eigenvalue weighted by molar-refractivity contribution is 7.14. The van der Waals surface area contributed by atoms with Crippen LogP contribution in [0.5, 0.6) is 11.5 Å². The Kier molecular flexibility index (Phi) is 6.38. The Morgan fingerprint density at radius 3 is 2.77 bits per heavy atom. The largest absolute Gasteiger partial charge is 0.497 e. The van der Waals surface area contributed by atoms with Gasteiger partial charge in [0, 0.05) is 17.4 Å². The molecule has 1 aromatic carbocycles. The second kappa shape index (κ2) is 8.15. The number of hydrogen-bond donors (Lipinski definition) is 2. The number of amides is 1. The topological polar surface area (TPSA) is 72.5 Å². The normalized spacial score (nSPS) is 18.1. The highest BCUT2D eigenvalue weighted by Gasteiger charge is 2.42. The van der Waals surface area contributed by atoms with Gasteiger partial charge >= 0.3 is 0 Å². The SMILES string of the molecule is COc1ccc(OC)c(-c2csc(NC(=O)C3CC(F)(F)CN3)n2)c1.Cl. The van der Waals surface area contributed by atoms with Crippen LogP contribution in [-0.2, 0) is 4.79 Å². The Morgan fingerprint density at radius 2 is 2.15 bits per heavy atom. The van der Waals surface area contributed by atoms with Gasteiger partial charge in [-0.25, -0.2) is 13.8 Å². The van der Waals surface area contributed by atoms with E-state index in [0.29, 0.717) is 27.9 Å². The first-order valence-corrected chi connectivity index (χ1v) is 8.40. The van der Waals surface area contributed by atoms with E-state index in [4.69, 9.17) is 9.47 Å². The predicted molar refractivity (Wildman–Crippen MR) is 97.9 cm³/mol. The van der Waals surface area contributed by atoms with Gasteiger partial charge in [-0.1, -0.05) is 0 Å². The molecule has 1 saturated heterocycles. The molecule has 3 rings (SSSR count). The van der Waals surface area contributed by atoms with Crippen molar-refractivity contribution in [2.75, 3.05) is 26.1 Å². The van der Waals surface area contributed by atoms with E-state index in [2.05, 4.69) is 15.6 Å². The lowest BCUT2D eigenvalue weighted by Crippen LogP contribution is -2.35. The molecule has 1 aliphatic rings. The van der Waals surface area contributed by atoms with Crippen molar-refractivity contribution in [3.8, 4) is 22.8 Å². The quantitative estimate of drug-likeness (QED) is 0.799. The lowest BCUT2D eigenvalue weighted by atomic mass is 10.1. The summed E-state index contributed by atoms with van der Waals surface area (Å²) in [6.07, 6.45) is -0.513. The summed E-state index contributed by atoms with van der Waals surface area (Å²) in [5.74, 6) is -2.12. The molecule has 2 heterocycles. The Morgan fingerprint density at radius 1 is 1.38 bits per heavy atom. The van der Waals surface area contributed by atoms with Crippen molar-refractivity contribution >= 4 is 34.8 Å².